The maximum Gasteiger partial charge on any atom is 0.0573 e. The van der Waals surface area contributed by atoms with Crippen molar-refractivity contribution >= 4 is 0 Å². The molecular weight excluding hydrogens is 222 g/mol. The van der Waals surface area contributed by atoms with E-state index in [-0.39, 0.29) is 0 Å². The van der Waals surface area contributed by atoms with Crippen LogP contribution in [0.3, 0.4) is 0 Å². The molecule has 0 spiro atoms. The van der Waals surface area contributed by atoms with Gasteiger partial charge in [0, 0.05) is 18.8 Å². The summed E-state index contributed by atoms with van der Waals surface area (Å²) in [5, 5.41) is 3.27. The Bertz CT molecular complexity index is 365. The van der Waals surface area contributed by atoms with Crippen LogP contribution in [0.15, 0.2) is 18.3 Å². The summed E-state index contributed by atoms with van der Waals surface area (Å²) < 4.78 is 0. The van der Waals surface area contributed by atoms with Gasteiger partial charge in [-0.1, -0.05) is 12.5 Å². The zero-order valence-corrected chi connectivity index (χ0v) is 11.7. The average Bonchev–Trinajstić information content (AvgIpc) is 2.40. The largest absolute Gasteiger partial charge is 0.320 e. The van der Waals surface area contributed by atoms with E-state index in [0.717, 1.165) is 19.1 Å². The molecule has 0 radical (unpaired) electrons. The first-order valence-corrected chi connectivity index (χ1v) is 7.10. The minimum atomic E-state index is 0.729. The molecule has 1 saturated heterocycles. The quantitative estimate of drug-likeness (QED) is 0.865. The third-order valence-corrected chi connectivity index (χ3v) is 3.95. The van der Waals surface area contributed by atoms with Gasteiger partial charge in [0.1, 0.15) is 0 Å². The van der Waals surface area contributed by atoms with Crippen molar-refractivity contribution in [3.63, 3.8) is 0 Å². The van der Waals surface area contributed by atoms with Gasteiger partial charge < -0.3 is 5.32 Å². The summed E-state index contributed by atoms with van der Waals surface area (Å²) in [6.45, 7) is 5.52. The highest BCUT2D eigenvalue weighted by Gasteiger charge is 2.22. The lowest BCUT2D eigenvalue weighted by atomic mass is 9.98. The average molecular weight is 247 g/mol. The summed E-state index contributed by atoms with van der Waals surface area (Å²) in [6, 6.07) is 4.91. The van der Waals surface area contributed by atoms with E-state index in [4.69, 9.17) is 0 Å². The maximum atomic E-state index is 4.53. The van der Waals surface area contributed by atoms with E-state index in [1.54, 1.807) is 0 Å². The van der Waals surface area contributed by atoms with Gasteiger partial charge in [-0.3, -0.25) is 9.88 Å². The molecule has 0 saturated carbocycles. The molecule has 0 bridgehead atoms. The van der Waals surface area contributed by atoms with Crippen molar-refractivity contribution in [1.29, 1.82) is 0 Å². The van der Waals surface area contributed by atoms with Crippen LogP contribution in [0.4, 0.5) is 0 Å². The van der Waals surface area contributed by atoms with Gasteiger partial charge in [0.25, 0.3) is 0 Å². The number of hydrogen-bond donors (Lipinski definition) is 1. The molecule has 2 rings (SSSR count). The highest BCUT2D eigenvalue weighted by atomic mass is 15.2. The number of aromatic nitrogens is 1. The normalized spacial score (nSPS) is 21.1. The third kappa shape index (κ3) is 3.53. The maximum absolute atomic E-state index is 4.53. The van der Waals surface area contributed by atoms with Crippen molar-refractivity contribution in [3.05, 3.63) is 29.6 Å². The fourth-order valence-electron chi connectivity index (χ4n) is 2.78. The predicted octanol–water partition coefficient (Wildman–Crippen LogP) is 2.35. The molecule has 1 N–H and O–H groups in total. The van der Waals surface area contributed by atoms with Crippen LogP contribution in [0, 0.1) is 6.92 Å². The van der Waals surface area contributed by atoms with Crippen molar-refractivity contribution < 1.29 is 0 Å². The van der Waals surface area contributed by atoms with Crippen molar-refractivity contribution in [1.82, 2.24) is 15.2 Å². The Hall–Kier alpha value is -0.930. The van der Waals surface area contributed by atoms with E-state index in [1.165, 1.54) is 43.5 Å². The van der Waals surface area contributed by atoms with Crippen LogP contribution in [0.1, 0.15) is 36.9 Å². The summed E-state index contributed by atoms with van der Waals surface area (Å²) in [4.78, 5) is 7.15. The first-order valence-electron chi connectivity index (χ1n) is 7.10. The summed E-state index contributed by atoms with van der Waals surface area (Å²) in [5.41, 5.74) is 2.56. The molecule has 100 valence electrons. The van der Waals surface area contributed by atoms with Crippen LogP contribution in [0.5, 0.6) is 0 Å². The summed E-state index contributed by atoms with van der Waals surface area (Å²) in [7, 11) is 2.04. The van der Waals surface area contributed by atoms with Crippen molar-refractivity contribution in [2.45, 2.75) is 45.2 Å². The number of pyridine rings is 1. The van der Waals surface area contributed by atoms with E-state index < -0.39 is 0 Å². The molecule has 1 atom stereocenters. The molecule has 3 nitrogen and oxygen atoms in total. The van der Waals surface area contributed by atoms with Crippen LogP contribution in [0.25, 0.3) is 0 Å². The highest BCUT2D eigenvalue weighted by molar-refractivity contribution is 5.17. The number of piperidine rings is 1. The van der Waals surface area contributed by atoms with Crippen LogP contribution in [-0.2, 0) is 6.54 Å². The lowest BCUT2D eigenvalue weighted by Crippen LogP contribution is -2.40. The predicted molar refractivity (Wildman–Crippen MR) is 75.6 cm³/mol. The molecule has 3 heteroatoms. The molecule has 0 aromatic carbocycles. The van der Waals surface area contributed by atoms with Crippen LogP contribution in [0.2, 0.25) is 0 Å². The Labute approximate surface area is 111 Å². The lowest BCUT2D eigenvalue weighted by molar-refractivity contribution is 0.130. The smallest absolute Gasteiger partial charge is 0.0573 e. The van der Waals surface area contributed by atoms with Gasteiger partial charge in [-0.05, 0) is 58.0 Å². The SMILES string of the molecule is CNCCC1CCCCN1Cc1ncccc1C. The lowest BCUT2D eigenvalue weighted by Gasteiger charge is -2.35. The van der Waals surface area contributed by atoms with Gasteiger partial charge in [-0.25, -0.2) is 0 Å². The fraction of sp³-hybridized carbons (Fsp3) is 0.667. The van der Waals surface area contributed by atoms with Crippen LogP contribution in [-0.4, -0.2) is 36.1 Å². The number of likely N-dealkylation sites (tertiary alicyclic amines) is 1. The van der Waals surface area contributed by atoms with Crippen molar-refractivity contribution in [2.24, 2.45) is 0 Å². The monoisotopic (exact) mass is 247 g/mol. The second kappa shape index (κ2) is 6.86. The molecule has 1 unspecified atom stereocenters. The first-order chi connectivity index (χ1) is 8.81. The summed E-state index contributed by atoms with van der Waals surface area (Å²) >= 11 is 0. The van der Waals surface area contributed by atoms with Crippen molar-refractivity contribution in [3.8, 4) is 0 Å². The minimum Gasteiger partial charge on any atom is -0.320 e. The van der Waals surface area contributed by atoms with Crippen molar-refractivity contribution in [2.75, 3.05) is 20.1 Å². The number of rotatable bonds is 5. The zero-order valence-electron chi connectivity index (χ0n) is 11.7. The molecule has 0 amide bonds. The zero-order chi connectivity index (χ0) is 12.8. The van der Waals surface area contributed by atoms with Gasteiger partial charge in [0.05, 0.1) is 5.69 Å². The Kier molecular flexibility index (Phi) is 5.14. The summed E-state index contributed by atoms with van der Waals surface area (Å²) in [6.07, 6.45) is 7.22. The van der Waals surface area contributed by atoms with E-state index in [2.05, 4.69) is 28.2 Å². The highest BCUT2D eigenvalue weighted by Crippen LogP contribution is 2.21. The molecule has 1 aromatic rings. The summed E-state index contributed by atoms with van der Waals surface area (Å²) in [5.74, 6) is 0. The molecule has 1 aromatic heterocycles. The van der Waals surface area contributed by atoms with Gasteiger partial charge in [0.15, 0.2) is 0 Å². The van der Waals surface area contributed by atoms with Gasteiger partial charge >= 0.3 is 0 Å². The topological polar surface area (TPSA) is 28.2 Å². The Morgan fingerprint density at radius 1 is 1.44 bits per heavy atom. The van der Waals surface area contributed by atoms with Gasteiger partial charge in [-0.15, -0.1) is 0 Å². The van der Waals surface area contributed by atoms with E-state index in [0.29, 0.717) is 0 Å². The minimum absolute atomic E-state index is 0.729. The van der Waals surface area contributed by atoms with Gasteiger partial charge in [0.2, 0.25) is 0 Å². The second-order valence-corrected chi connectivity index (χ2v) is 5.28. The number of nitrogens with one attached hydrogen (secondary N) is 1. The first kappa shape index (κ1) is 13.5. The van der Waals surface area contributed by atoms with Crippen LogP contribution < -0.4 is 5.32 Å². The molecule has 18 heavy (non-hydrogen) atoms. The molecule has 1 fully saturated rings. The van der Waals surface area contributed by atoms with E-state index >= 15 is 0 Å². The van der Waals surface area contributed by atoms with E-state index in [1.807, 2.05) is 19.3 Å². The number of nitrogens with zero attached hydrogens (tertiary/aromatic N) is 2. The van der Waals surface area contributed by atoms with E-state index in [9.17, 15) is 0 Å². The van der Waals surface area contributed by atoms with Gasteiger partial charge in [-0.2, -0.15) is 0 Å². The number of aryl methyl sites for hydroxylation is 1. The third-order valence-electron chi connectivity index (χ3n) is 3.95. The Morgan fingerprint density at radius 3 is 3.11 bits per heavy atom. The molecular formula is C15H25N3. The molecule has 2 heterocycles. The Morgan fingerprint density at radius 2 is 2.33 bits per heavy atom. The molecule has 0 aliphatic carbocycles. The standard InChI is InChI=1S/C15H25N3/c1-13-6-5-9-17-15(13)12-18-11-4-3-7-14(18)8-10-16-2/h5-6,9,14,16H,3-4,7-8,10-12H2,1-2H3. The fourth-order valence-corrected chi connectivity index (χ4v) is 2.78. The molecule has 1 aliphatic rings. The number of hydrogen-bond acceptors (Lipinski definition) is 3. The second-order valence-electron chi connectivity index (χ2n) is 5.28. The molecule has 1 aliphatic heterocycles. The van der Waals surface area contributed by atoms with Crippen LogP contribution >= 0.6 is 0 Å². The Balaban J connectivity index is 1.98.